The van der Waals surface area contributed by atoms with E-state index in [1.54, 1.807) is 4.31 Å². The second-order valence-electron chi connectivity index (χ2n) is 5.82. The third kappa shape index (κ3) is 4.20. The molecule has 1 heterocycles. The van der Waals surface area contributed by atoms with Crippen LogP contribution in [0, 0.1) is 5.92 Å². The Hall–Kier alpha value is 0.390. The molecule has 0 bridgehead atoms. The number of hydrogen-bond acceptors (Lipinski definition) is 2. The van der Waals surface area contributed by atoms with E-state index in [1.807, 2.05) is 0 Å². The molecule has 2 fully saturated rings. The van der Waals surface area contributed by atoms with E-state index in [0.717, 1.165) is 32.2 Å². The van der Waals surface area contributed by atoms with Gasteiger partial charge in [0.2, 0.25) is 10.0 Å². The molecule has 2 rings (SSSR count). The van der Waals surface area contributed by atoms with Crippen LogP contribution >= 0.6 is 15.9 Å². The summed E-state index contributed by atoms with van der Waals surface area (Å²) in [4.78, 5) is 0.390. The Bertz CT molecular complexity index is 365. The van der Waals surface area contributed by atoms with Crippen molar-refractivity contribution in [3.63, 3.8) is 0 Å². The molecule has 0 spiro atoms. The Balaban J connectivity index is 1.96. The van der Waals surface area contributed by atoms with Crippen LogP contribution in [0.15, 0.2) is 0 Å². The number of sulfonamides is 1. The van der Waals surface area contributed by atoms with Crippen LogP contribution in [0.25, 0.3) is 0 Å². The molecular formula is C13H24BrNO2S. The molecule has 18 heavy (non-hydrogen) atoms. The van der Waals surface area contributed by atoms with Crippen LogP contribution in [0.2, 0.25) is 0 Å². The summed E-state index contributed by atoms with van der Waals surface area (Å²) in [5.74, 6) is 1.06. The minimum absolute atomic E-state index is 0.220. The summed E-state index contributed by atoms with van der Waals surface area (Å²) >= 11 is 3.55. The van der Waals surface area contributed by atoms with Crippen molar-refractivity contribution in [3.05, 3.63) is 0 Å². The smallest absolute Gasteiger partial charge is 0.212 e. The first kappa shape index (κ1) is 14.8. The molecular weight excluding hydrogens is 314 g/mol. The van der Waals surface area contributed by atoms with E-state index in [9.17, 15) is 8.42 Å². The van der Waals surface area contributed by atoms with Gasteiger partial charge in [-0.15, -0.1) is 0 Å². The van der Waals surface area contributed by atoms with Gasteiger partial charge in [-0.05, 0) is 31.6 Å². The number of nitrogens with zero attached hydrogens (tertiary/aromatic N) is 1. The summed E-state index contributed by atoms with van der Waals surface area (Å²) in [6, 6.07) is 0.220. The van der Waals surface area contributed by atoms with Gasteiger partial charge in [-0.1, -0.05) is 42.1 Å². The zero-order valence-electron chi connectivity index (χ0n) is 11.1. The topological polar surface area (TPSA) is 37.4 Å². The third-order valence-corrected chi connectivity index (χ3v) is 6.33. The molecule has 0 aromatic rings. The van der Waals surface area contributed by atoms with Gasteiger partial charge in [-0.25, -0.2) is 8.42 Å². The largest absolute Gasteiger partial charge is 0.214 e. The summed E-state index contributed by atoms with van der Waals surface area (Å²) < 4.78 is 26.6. The second kappa shape index (κ2) is 6.23. The van der Waals surface area contributed by atoms with Crippen molar-refractivity contribution in [2.24, 2.45) is 5.92 Å². The number of piperidine rings is 1. The Kier molecular flexibility index (Phi) is 5.12. The van der Waals surface area contributed by atoms with Crippen molar-refractivity contribution in [3.8, 4) is 0 Å². The lowest BCUT2D eigenvalue weighted by Crippen LogP contribution is -2.45. The van der Waals surface area contributed by atoms with Crippen molar-refractivity contribution in [1.29, 1.82) is 0 Å². The van der Waals surface area contributed by atoms with Gasteiger partial charge in [-0.2, -0.15) is 4.31 Å². The Morgan fingerprint density at radius 2 is 2.00 bits per heavy atom. The predicted molar refractivity (Wildman–Crippen MR) is 78.5 cm³/mol. The molecule has 1 saturated heterocycles. The highest BCUT2D eigenvalue weighted by molar-refractivity contribution is 9.09. The highest BCUT2D eigenvalue weighted by Gasteiger charge is 2.34. The summed E-state index contributed by atoms with van der Waals surface area (Å²) in [5.41, 5.74) is 0. The van der Waals surface area contributed by atoms with Crippen LogP contribution in [-0.4, -0.2) is 35.9 Å². The molecule has 2 unspecified atom stereocenters. The van der Waals surface area contributed by atoms with Crippen molar-refractivity contribution in [2.75, 3.05) is 12.3 Å². The third-order valence-electron chi connectivity index (χ3n) is 4.01. The van der Waals surface area contributed by atoms with Crippen molar-refractivity contribution < 1.29 is 8.42 Å². The van der Waals surface area contributed by atoms with Gasteiger partial charge in [0.15, 0.2) is 0 Å². The number of halogens is 1. The molecule has 5 heteroatoms. The minimum atomic E-state index is -3.02. The van der Waals surface area contributed by atoms with Crippen LogP contribution in [0.3, 0.4) is 0 Å². The summed E-state index contributed by atoms with van der Waals surface area (Å²) in [6.45, 7) is 2.83. The van der Waals surface area contributed by atoms with Crippen LogP contribution in [0.5, 0.6) is 0 Å². The average molecular weight is 338 g/mol. The lowest BCUT2D eigenvalue weighted by molar-refractivity contribution is 0.241. The van der Waals surface area contributed by atoms with E-state index >= 15 is 0 Å². The molecule has 0 aromatic heterocycles. The highest BCUT2D eigenvalue weighted by Crippen LogP contribution is 2.34. The molecule has 3 nitrogen and oxygen atoms in total. The highest BCUT2D eigenvalue weighted by atomic mass is 79.9. The minimum Gasteiger partial charge on any atom is -0.212 e. The second-order valence-corrected chi connectivity index (χ2v) is 9.43. The van der Waals surface area contributed by atoms with Crippen LogP contribution in [0.1, 0.15) is 51.9 Å². The first-order valence-electron chi connectivity index (χ1n) is 7.12. The zero-order valence-corrected chi connectivity index (χ0v) is 13.5. The SMILES string of the molecule is CC(Br)CC1CCCCN1S(=O)(=O)CCC1CC1. The fourth-order valence-electron chi connectivity index (χ4n) is 2.79. The first-order chi connectivity index (χ1) is 8.49. The molecule has 0 aromatic carbocycles. The van der Waals surface area contributed by atoms with E-state index in [2.05, 4.69) is 22.9 Å². The van der Waals surface area contributed by atoms with Crippen molar-refractivity contribution >= 4 is 26.0 Å². The number of rotatable bonds is 6. The van der Waals surface area contributed by atoms with E-state index in [4.69, 9.17) is 0 Å². The van der Waals surface area contributed by atoms with Crippen molar-refractivity contribution in [1.82, 2.24) is 4.31 Å². The number of alkyl halides is 1. The molecule has 1 aliphatic heterocycles. The van der Waals surface area contributed by atoms with Gasteiger partial charge in [0.05, 0.1) is 5.75 Å². The normalized spacial score (nSPS) is 28.2. The van der Waals surface area contributed by atoms with Gasteiger partial charge in [0.25, 0.3) is 0 Å². The van der Waals surface area contributed by atoms with Gasteiger partial charge in [-0.3, -0.25) is 0 Å². The molecule has 1 aliphatic carbocycles. The molecule has 2 atom stereocenters. The zero-order chi connectivity index (χ0) is 13.2. The quantitative estimate of drug-likeness (QED) is 0.698. The van der Waals surface area contributed by atoms with Gasteiger partial charge < -0.3 is 0 Å². The lowest BCUT2D eigenvalue weighted by atomic mass is 10.0. The van der Waals surface area contributed by atoms with Gasteiger partial charge in [0.1, 0.15) is 0 Å². The molecule has 0 radical (unpaired) electrons. The molecule has 0 amide bonds. The molecule has 1 saturated carbocycles. The van der Waals surface area contributed by atoms with Crippen molar-refractivity contribution in [2.45, 2.75) is 62.7 Å². The summed E-state index contributed by atoms with van der Waals surface area (Å²) in [7, 11) is -3.02. The monoisotopic (exact) mass is 337 g/mol. The van der Waals surface area contributed by atoms with E-state index in [-0.39, 0.29) is 6.04 Å². The standard InChI is InChI=1S/C13H24BrNO2S/c1-11(14)10-13-4-2-3-8-15(13)18(16,17)9-7-12-5-6-12/h11-13H,2-10H2,1H3. The predicted octanol–water partition coefficient (Wildman–Crippen LogP) is 3.14. The maximum Gasteiger partial charge on any atom is 0.214 e. The van der Waals surface area contributed by atoms with Crippen LogP contribution in [0.4, 0.5) is 0 Å². The first-order valence-corrected chi connectivity index (χ1v) is 9.65. The number of hydrogen-bond donors (Lipinski definition) is 0. The fraction of sp³-hybridized carbons (Fsp3) is 1.00. The summed E-state index contributed by atoms with van der Waals surface area (Å²) in [5, 5.41) is 0. The van der Waals surface area contributed by atoms with Gasteiger partial charge in [0, 0.05) is 17.4 Å². The van der Waals surface area contributed by atoms with E-state index < -0.39 is 10.0 Å². The van der Waals surface area contributed by atoms with Gasteiger partial charge >= 0.3 is 0 Å². The van der Waals surface area contributed by atoms with Crippen LogP contribution in [-0.2, 0) is 10.0 Å². The van der Waals surface area contributed by atoms with Crippen LogP contribution < -0.4 is 0 Å². The Labute approximate surface area is 119 Å². The maximum absolute atomic E-state index is 12.4. The Morgan fingerprint density at radius 1 is 1.28 bits per heavy atom. The Morgan fingerprint density at radius 3 is 2.61 bits per heavy atom. The maximum atomic E-state index is 12.4. The lowest BCUT2D eigenvalue weighted by Gasteiger charge is -2.35. The molecule has 2 aliphatic rings. The van der Waals surface area contributed by atoms with E-state index in [0.29, 0.717) is 16.5 Å². The van der Waals surface area contributed by atoms with E-state index in [1.165, 1.54) is 19.3 Å². The summed E-state index contributed by atoms with van der Waals surface area (Å²) in [6.07, 6.45) is 7.49. The molecule has 106 valence electrons. The molecule has 0 N–H and O–H groups in total. The average Bonchev–Trinajstić information content (AvgIpc) is 3.10. The fourth-order valence-corrected chi connectivity index (χ4v) is 5.14.